The molecule has 0 fully saturated rings. The third kappa shape index (κ3) is 1.91. The first kappa shape index (κ1) is 11.3. The SMILES string of the molecule is CC(C(N)=O)(c1ccccc1)c1cccnc1. The first-order valence-electron chi connectivity index (χ1n) is 5.41. The van der Waals surface area contributed by atoms with Gasteiger partial charge in [-0.1, -0.05) is 36.4 Å². The van der Waals surface area contributed by atoms with Gasteiger partial charge in [0.25, 0.3) is 0 Å². The lowest BCUT2D eigenvalue weighted by Gasteiger charge is -2.26. The van der Waals surface area contributed by atoms with Gasteiger partial charge in [-0.2, -0.15) is 0 Å². The summed E-state index contributed by atoms with van der Waals surface area (Å²) in [4.78, 5) is 15.9. The number of nitrogens with two attached hydrogens (primary N) is 1. The van der Waals surface area contributed by atoms with Crippen molar-refractivity contribution in [3.8, 4) is 0 Å². The van der Waals surface area contributed by atoms with Gasteiger partial charge in [-0.3, -0.25) is 9.78 Å². The molecule has 1 aromatic carbocycles. The zero-order chi connectivity index (χ0) is 12.3. The minimum absolute atomic E-state index is 0.378. The highest BCUT2D eigenvalue weighted by Gasteiger charge is 2.35. The first-order valence-corrected chi connectivity index (χ1v) is 5.41. The second-order valence-corrected chi connectivity index (χ2v) is 4.10. The van der Waals surface area contributed by atoms with Crippen molar-refractivity contribution in [1.29, 1.82) is 0 Å². The molecule has 0 aliphatic heterocycles. The van der Waals surface area contributed by atoms with E-state index >= 15 is 0 Å². The van der Waals surface area contributed by atoms with Crippen LogP contribution in [0.3, 0.4) is 0 Å². The highest BCUT2D eigenvalue weighted by Crippen LogP contribution is 2.30. The molecule has 0 aliphatic rings. The number of rotatable bonds is 3. The van der Waals surface area contributed by atoms with Crippen LogP contribution < -0.4 is 5.73 Å². The summed E-state index contributed by atoms with van der Waals surface area (Å²) in [5.41, 5.74) is 6.41. The van der Waals surface area contributed by atoms with E-state index < -0.39 is 5.41 Å². The molecule has 2 N–H and O–H groups in total. The van der Waals surface area contributed by atoms with Gasteiger partial charge in [0.2, 0.25) is 5.91 Å². The van der Waals surface area contributed by atoms with Crippen molar-refractivity contribution in [1.82, 2.24) is 4.98 Å². The van der Waals surface area contributed by atoms with Gasteiger partial charge in [-0.25, -0.2) is 0 Å². The molecule has 17 heavy (non-hydrogen) atoms. The van der Waals surface area contributed by atoms with Crippen LogP contribution in [-0.4, -0.2) is 10.9 Å². The number of hydrogen-bond donors (Lipinski definition) is 1. The molecule has 1 aromatic heterocycles. The van der Waals surface area contributed by atoms with E-state index in [0.29, 0.717) is 0 Å². The van der Waals surface area contributed by atoms with Crippen LogP contribution >= 0.6 is 0 Å². The Hall–Kier alpha value is -2.16. The van der Waals surface area contributed by atoms with Crippen LogP contribution in [-0.2, 0) is 10.2 Å². The van der Waals surface area contributed by atoms with Crippen LogP contribution in [0.4, 0.5) is 0 Å². The number of aromatic nitrogens is 1. The molecule has 3 heteroatoms. The van der Waals surface area contributed by atoms with Gasteiger partial charge >= 0.3 is 0 Å². The molecule has 1 unspecified atom stereocenters. The fourth-order valence-corrected chi connectivity index (χ4v) is 1.88. The minimum atomic E-state index is -0.838. The lowest BCUT2D eigenvalue weighted by atomic mass is 9.76. The maximum atomic E-state index is 11.8. The number of benzene rings is 1. The van der Waals surface area contributed by atoms with Crippen LogP contribution in [0.5, 0.6) is 0 Å². The van der Waals surface area contributed by atoms with Crippen molar-refractivity contribution in [2.24, 2.45) is 5.73 Å². The Labute approximate surface area is 100 Å². The van der Waals surface area contributed by atoms with Gasteiger partial charge in [0.1, 0.15) is 0 Å². The zero-order valence-corrected chi connectivity index (χ0v) is 9.63. The maximum absolute atomic E-state index is 11.8. The summed E-state index contributed by atoms with van der Waals surface area (Å²) in [7, 11) is 0. The van der Waals surface area contributed by atoms with E-state index in [2.05, 4.69) is 4.98 Å². The summed E-state index contributed by atoms with van der Waals surface area (Å²) in [5.74, 6) is -0.378. The van der Waals surface area contributed by atoms with Crippen LogP contribution in [0, 0.1) is 0 Å². The number of pyridine rings is 1. The van der Waals surface area contributed by atoms with Crippen LogP contribution in [0.15, 0.2) is 54.9 Å². The van der Waals surface area contributed by atoms with Crippen LogP contribution in [0.25, 0.3) is 0 Å². The normalized spacial score (nSPS) is 13.9. The Morgan fingerprint density at radius 1 is 1.12 bits per heavy atom. The third-order valence-corrected chi connectivity index (χ3v) is 3.08. The van der Waals surface area contributed by atoms with Crippen molar-refractivity contribution in [3.05, 3.63) is 66.0 Å². The molecule has 0 aliphatic carbocycles. The summed E-state index contributed by atoms with van der Waals surface area (Å²) in [6.45, 7) is 1.82. The van der Waals surface area contributed by atoms with Crippen molar-refractivity contribution < 1.29 is 4.79 Å². The number of carbonyl (C=O) groups is 1. The Morgan fingerprint density at radius 2 is 1.76 bits per heavy atom. The smallest absolute Gasteiger partial charge is 0.232 e. The fourth-order valence-electron chi connectivity index (χ4n) is 1.88. The second kappa shape index (κ2) is 4.37. The average molecular weight is 226 g/mol. The highest BCUT2D eigenvalue weighted by molar-refractivity contribution is 5.90. The maximum Gasteiger partial charge on any atom is 0.232 e. The molecule has 2 rings (SSSR count). The number of nitrogens with zero attached hydrogens (tertiary/aromatic N) is 1. The Morgan fingerprint density at radius 3 is 2.29 bits per heavy atom. The molecule has 1 amide bonds. The monoisotopic (exact) mass is 226 g/mol. The number of primary amides is 1. The van der Waals surface area contributed by atoms with E-state index in [1.165, 1.54) is 0 Å². The van der Waals surface area contributed by atoms with Crippen LogP contribution in [0.1, 0.15) is 18.1 Å². The third-order valence-electron chi connectivity index (χ3n) is 3.08. The molecule has 0 bridgehead atoms. The molecule has 86 valence electrons. The van der Waals surface area contributed by atoms with E-state index in [-0.39, 0.29) is 5.91 Å². The molecule has 3 nitrogen and oxygen atoms in total. The summed E-state index contributed by atoms with van der Waals surface area (Å²) in [5, 5.41) is 0. The molecule has 1 atom stereocenters. The predicted octanol–water partition coefficient (Wildman–Crippen LogP) is 1.87. The van der Waals surface area contributed by atoms with Crippen molar-refractivity contribution in [3.63, 3.8) is 0 Å². The topological polar surface area (TPSA) is 56.0 Å². The van der Waals surface area contributed by atoms with E-state index in [1.54, 1.807) is 18.5 Å². The second-order valence-electron chi connectivity index (χ2n) is 4.10. The summed E-state index contributed by atoms with van der Waals surface area (Å²) in [6.07, 6.45) is 3.35. The van der Waals surface area contributed by atoms with E-state index in [1.807, 2.05) is 43.3 Å². The molecular formula is C14H14N2O. The minimum Gasteiger partial charge on any atom is -0.369 e. The standard InChI is InChI=1S/C14H14N2O/c1-14(13(15)17,11-6-3-2-4-7-11)12-8-5-9-16-10-12/h2-10H,1H3,(H2,15,17). The summed E-state index contributed by atoms with van der Waals surface area (Å²) >= 11 is 0. The molecule has 1 heterocycles. The Kier molecular flexibility index (Phi) is 2.91. The molecule has 0 saturated carbocycles. The predicted molar refractivity (Wildman–Crippen MR) is 66.3 cm³/mol. The molecule has 0 saturated heterocycles. The molecule has 0 radical (unpaired) electrons. The Bertz CT molecular complexity index is 469. The summed E-state index contributed by atoms with van der Waals surface area (Å²) < 4.78 is 0. The molecular weight excluding hydrogens is 212 g/mol. The van der Waals surface area contributed by atoms with Crippen LogP contribution in [0.2, 0.25) is 0 Å². The fraction of sp³-hybridized carbons (Fsp3) is 0.143. The number of carbonyl (C=O) groups excluding carboxylic acids is 1. The van der Waals surface area contributed by atoms with Gasteiger partial charge in [0.05, 0.1) is 5.41 Å². The van der Waals surface area contributed by atoms with Crippen molar-refractivity contribution in [2.45, 2.75) is 12.3 Å². The highest BCUT2D eigenvalue weighted by atomic mass is 16.1. The van der Waals surface area contributed by atoms with E-state index in [4.69, 9.17) is 5.73 Å². The van der Waals surface area contributed by atoms with Crippen molar-refractivity contribution >= 4 is 5.91 Å². The first-order chi connectivity index (χ1) is 8.15. The zero-order valence-electron chi connectivity index (χ0n) is 9.63. The number of hydrogen-bond acceptors (Lipinski definition) is 2. The largest absolute Gasteiger partial charge is 0.369 e. The number of amides is 1. The summed E-state index contributed by atoms with van der Waals surface area (Å²) in [6, 6.07) is 13.2. The van der Waals surface area contributed by atoms with Crippen molar-refractivity contribution in [2.75, 3.05) is 0 Å². The lowest BCUT2D eigenvalue weighted by molar-refractivity contribution is -0.121. The van der Waals surface area contributed by atoms with Gasteiger partial charge in [0.15, 0.2) is 0 Å². The van der Waals surface area contributed by atoms with E-state index in [0.717, 1.165) is 11.1 Å². The van der Waals surface area contributed by atoms with E-state index in [9.17, 15) is 4.79 Å². The van der Waals surface area contributed by atoms with Gasteiger partial charge < -0.3 is 5.73 Å². The quantitative estimate of drug-likeness (QED) is 0.868. The molecule has 0 spiro atoms. The van der Waals surface area contributed by atoms with Gasteiger partial charge in [0, 0.05) is 12.4 Å². The lowest BCUT2D eigenvalue weighted by Crippen LogP contribution is -2.39. The Balaban J connectivity index is 2.59. The van der Waals surface area contributed by atoms with Gasteiger partial charge in [-0.05, 0) is 24.1 Å². The molecule has 2 aromatic rings. The average Bonchev–Trinajstić information content (AvgIpc) is 2.39. The van der Waals surface area contributed by atoms with Gasteiger partial charge in [-0.15, -0.1) is 0 Å².